The number of hydrogen-bond acceptors (Lipinski definition) is 6. The highest BCUT2D eigenvalue weighted by Gasteiger charge is 2.20. The van der Waals surface area contributed by atoms with Gasteiger partial charge < -0.3 is 9.73 Å². The Kier molecular flexibility index (Phi) is 4.17. The predicted molar refractivity (Wildman–Crippen MR) is 83.7 cm³/mol. The maximum atomic E-state index is 12.5. The fraction of sp³-hybridized carbons (Fsp3) is 0.133. The van der Waals surface area contributed by atoms with E-state index in [0.29, 0.717) is 5.69 Å². The zero-order valence-electron chi connectivity index (χ0n) is 12.7. The van der Waals surface area contributed by atoms with Crippen molar-refractivity contribution in [3.63, 3.8) is 0 Å². The first kappa shape index (κ1) is 15.9. The van der Waals surface area contributed by atoms with Crippen LogP contribution < -0.4 is 5.32 Å². The molecule has 0 unspecified atom stereocenters. The molecule has 1 N–H and O–H groups in total. The van der Waals surface area contributed by atoms with Crippen molar-refractivity contribution in [1.29, 1.82) is 0 Å². The summed E-state index contributed by atoms with van der Waals surface area (Å²) in [6, 6.07) is 7.72. The summed E-state index contributed by atoms with van der Waals surface area (Å²) in [6.07, 6.45) is 3.89. The Morgan fingerprint density at radius 3 is 2.67 bits per heavy atom. The summed E-state index contributed by atoms with van der Waals surface area (Å²) < 4.78 is 30.5. The van der Waals surface area contributed by atoms with E-state index in [1.807, 2.05) is 6.92 Å². The van der Waals surface area contributed by atoms with E-state index in [0.717, 1.165) is 9.65 Å². The Balaban J connectivity index is 1.77. The van der Waals surface area contributed by atoms with Crippen LogP contribution in [0.5, 0.6) is 0 Å². The van der Waals surface area contributed by atoms with E-state index in [-0.39, 0.29) is 17.1 Å². The van der Waals surface area contributed by atoms with Crippen LogP contribution in [0.3, 0.4) is 0 Å². The average Bonchev–Trinajstić information content (AvgIpc) is 3.25. The molecule has 0 spiro atoms. The van der Waals surface area contributed by atoms with Crippen molar-refractivity contribution < 1.29 is 17.6 Å². The Bertz CT molecular complexity index is 944. The smallest absolute Gasteiger partial charge is 0.282 e. The lowest BCUT2D eigenvalue weighted by atomic mass is 10.2. The van der Waals surface area contributed by atoms with E-state index in [2.05, 4.69) is 15.4 Å². The molecule has 2 aromatic heterocycles. The Hall–Kier alpha value is -2.94. The molecule has 0 fully saturated rings. The van der Waals surface area contributed by atoms with Gasteiger partial charge in [-0.15, -0.1) is 0 Å². The number of amides is 1. The van der Waals surface area contributed by atoms with E-state index in [4.69, 9.17) is 4.42 Å². The van der Waals surface area contributed by atoms with Crippen LogP contribution in [0.2, 0.25) is 0 Å². The summed E-state index contributed by atoms with van der Waals surface area (Å²) >= 11 is 0. The lowest BCUT2D eigenvalue weighted by molar-refractivity contribution is 0.0945. The highest BCUT2D eigenvalue weighted by atomic mass is 32.2. The van der Waals surface area contributed by atoms with Gasteiger partial charge in [-0.2, -0.15) is 17.6 Å². The largest absolute Gasteiger partial charge is 0.451 e. The summed E-state index contributed by atoms with van der Waals surface area (Å²) in [6.45, 7) is 2.02. The Morgan fingerprint density at radius 1 is 1.25 bits per heavy atom. The van der Waals surface area contributed by atoms with Crippen molar-refractivity contribution in [2.24, 2.45) is 0 Å². The number of hydrogen-bond donors (Lipinski definition) is 1. The second-order valence-electron chi connectivity index (χ2n) is 5.05. The number of nitrogens with one attached hydrogen (secondary N) is 1. The first-order valence-corrected chi connectivity index (χ1v) is 8.44. The molecular weight excluding hydrogens is 332 g/mol. The second-order valence-corrected chi connectivity index (χ2v) is 6.85. The summed E-state index contributed by atoms with van der Waals surface area (Å²) in [5.41, 5.74) is 1.49. The molecule has 0 aliphatic rings. The van der Waals surface area contributed by atoms with Gasteiger partial charge in [0.05, 0.1) is 17.1 Å². The fourth-order valence-electron chi connectivity index (χ4n) is 1.97. The molecule has 3 rings (SSSR count). The van der Waals surface area contributed by atoms with Gasteiger partial charge in [-0.05, 0) is 25.1 Å². The van der Waals surface area contributed by atoms with Gasteiger partial charge in [-0.25, -0.2) is 4.98 Å². The molecule has 9 heteroatoms. The van der Waals surface area contributed by atoms with Crippen molar-refractivity contribution in [2.45, 2.75) is 18.4 Å². The fourth-order valence-corrected chi connectivity index (χ4v) is 3.08. The Labute approximate surface area is 138 Å². The molecule has 0 radical (unpaired) electrons. The topological polar surface area (TPSA) is 107 Å². The standard InChI is InChI=1S/C15H14N4O4S/c1-11-2-4-13(5-3-11)24(21,22)19-7-6-14(18-19)15(20)16-8-12-9-23-10-17-12/h2-7,9-10H,8H2,1H3,(H,16,20). The molecule has 0 aliphatic heterocycles. The van der Waals surface area contributed by atoms with Gasteiger partial charge in [-0.3, -0.25) is 4.79 Å². The quantitative estimate of drug-likeness (QED) is 0.747. The minimum Gasteiger partial charge on any atom is -0.451 e. The number of benzene rings is 1. The minimum atomic E-state index is -3.83. The van der Waals surface area contributed by atoms with Crippen molar-refractivity contribution in [2.75, 3.05) is 0 Å². The normalized spacial score (nSPS) is 11.4. The third-order valence-electron chi connectivity index (χ3n) is 3.28. The number of aryl methyl sites for hydroxylation is 1. The molecule has 0 bridgehead atoms. The summed E-state index contributed by atoms with van der Waals surface area (Å²) in [4.78, 5) is 16.0. The third-order valence-corrected chi connectivity index (χ3v) is 4.84. The van der Waals surface area contributed by atoms with Crippen molar-refractivity contribution >= 4 is 15.9 Å². The van der Waals surface area contributed by atoms with Gasteiger partial charge in [0.1, 0.15) is 6.26 Å². The summed E-state index contributed by atoms with van der Waals surface area (Å²) in [5.74, 6) is -0.504. The Morgan fingerprint density at radius 2 is 2.00 bits per heavy atom. The number of carbonyl (C=O) groups is 1. The molecule has 0 saturated carbocycles. The highest BCUT2D eigenvalue weighted by Crippen LogP contribution is 2.14. The van der Waals surface area contributed by atoms with E-state index in [9.17, 15) is 13.2 Å². The van der Waals surface area contributed by atoms with Gasteiger partial charge >= 0.3 is 0 Å². The predicted octanol–water partition coefficient (Wildman–Crippen LogP) is 1.35. The van der Waals surface area contributed by atoms with E-state index in [1.54, 1.807) is 12.1 Å². The number of oxazole rings is 1. The van der Waals surface area contributed by atoms with E-state index >= 15 is 0 Å². The molecular formula is C15H14N4O4S. The summed E-state index contributed by atoms with van der Waals surface area (Å²) in [5, 5.41) is 6.43. The maximum Gasteiger partial charge on any atom is 0.282 e. The van der Waals surface area contributed by atoms with Gasteiger partial charge in [-0.1, -0.05) is 17.7 Å². The van der Waals surface area contributed by atoms with Crippen molar-refractivity contribution in [3.05, 3.63) is 66.1 Å². The SMILES string of the molecule is Cc1ccc(S(=O)(=O)n2ccc(C(=O)NCc3cocn3)n2)cc1. The van der Waals surface area contributed by atoms with Crippen molar-refractivity contribution in [3.8, 4) is 0 Å². The van der Waals surface area contributed by atoms with Gasteiger partial charge in [0, 0.05) is 6.20 Å². The third kappa shape index (κ3) is 3.20. The van der Waals surface area contributed by atoms with Crippen LogP contribution in [0.4, 0.5) is 0 Å². The summed E-state index contributed by atoms with van der Waals surface area (Å²) in [7, 11) is -3.83. The number of nitrogens with zero attached hydrogens (tertiary/aromatic N) is 3. The minimum absolute atomic E-state index is 0.00539. The molecule has 1 amide bonds. The first-order valence-electron chi connectivity index (χ1n) is 7.00. The lowest BCUT2D eigenvalue weighted by Crippen LogP contribution is -2.24. The number of aromatic nitrogens is 3. The second kappa shape index (κ2) is 6.28. The number of carbonyl (C=O) groups excluding carboxylic acids is 1. The van der Waals surface area contributed by atoms with Crippen LogP contribution in [0, 0.1) is 6.92 Å². The zero-order chi connectivity index (χ0) is 17.2. The van der Waals surface area contributed by atoms with Gasteiger partial charge in [0.2, 0.25) is 0 Å². The van der Waals surface area contributed by atoms with E-state index in [1.165, 1.54) is 37.1 Å². The number of rotatable bonds is 5. The molecule has 2 heterocycles. The monoisotopic (exact) mass is 346 g/mol. The molecule has 124 valence electrons. The molecule has 8 nitrogen and oxygen atoms in total. The molecule has 24 heavy (non-hydrogen) atoms. The van der Waals surface area contributed by atoms with E-state index < -0.39 is 15.9 Å². The van der Waals surface area contributed by atoms with Crippen LogP contribution in [-0.2, 0) is 16.6 Å². The van der Waals surface area contributed by atoms with Crippen LogP contribution in [0.1, 0.15) is 21.7 Å². The van der Waals surface area contributed by atoms with Crippen LogP contribution in [0.15, 0.2) is 58.5 Å². The van der Waals surface area contributed by atoms with Crippen LogP contribution in [-0.4, -0.2) is 28.5 Å². The molecule has 3 aromatic rings. The van der Waals surface area contributed by atoms with Crippen LogP contribution in [0.25, 0.3) is 0 Å². The van der Waals surface area contributed by atoms with Crippen LogP contribution >= 0.6 is 0 Å². The van der Waals surface area contributed by atoms with Gasteiger partial charge in [0.15, 0.2) is 12.1 Å². The molecule has 0 saturated heterocycles. The average molecular weight is 346 g/mol. The first-order chi connectivity index (χ1) is 11.5. The lowest BCUT2D eigenvalue weighted by Gasteiger charge is -2.04. The zero-order valence-corrected chi connectivity index (χ0v) is 13.5. The molecule has 1 aromatic carbocycles. The molecule has 0 aliphatic carbocycles. The van der Waals surface area contributed by atoms with Crippen molar-refractivity contribution in [1.82, 2.24) is 19.5 Å². The highest BCUT2D eigenvalue weighted by molar-refractivity contribution is 7.89. The van der Waals surface area contributed by atoms with Gasteiger partial charge in [0.25, 0.3) is 15.9 Å². The molecule has 0 atom stereocenters. The maximum absolute atomic E-state index is 12.5.